The summed E-state index contributed by atoms with van der Waals surface area (Å²) >= 11 is 0. The molecule has 2 aliphatic heterocycles. The van der Waals surface area contributed by atoms with E-state index in [2.05, 4.69) is 20.8 Å². The summed E-state index contributed by atoms with van der Waals surface area (Å²) in [7, 11) is 0. The summed E-state index contributed by atoms with van der Waals surface area (Å²) in [5.41, 5.74) is 1.57. The van der Waals surface area contributed by atoms with E-state index < -0.39 is 0 Å². The Morgan fingerprint density at radius 3 is 3.09 bits per heavy atom. The van der Waals surface area contributed by atoms with Gasteiger partial charge in [-0.25, -0.2) is 0 Å². The fraction of sp³-hybridized carbons (Fsp3) is 0.353. The van der Waals surface area contributed by atoms with Crippen molar-refractivity contribution >= 4 is 28.2 Å². The van der Waals surface area contributed by atoms with Gasteiger partial charge in [-0.3, -0.25) is 9.78 Å². The van der Waals surface area contributed by atoms with Crippen LogP contribution in [0.2, 0.25) is 0 Å². The van der Waals surface area contributed by atoms with Crippen molar-refractivity contribution in [2.45, 2.75) is 24.9 Å². The summed E-state index contributed by atoms with van der Waals surface area (Å²) in [6.45, 7) is 1.73. The molecular formula is C17H18N4O2. The fourth-order valence-electron chi connectivity index (χ4n) is 3.21. The molecule has 4 rings (SSSR count). The van der Waals surface area contributed by atoms with Crippen LogP contribution in [0, 0.1) is 0 Å². The van der Waals surface area contributed by atoms with Crippen LogP contribution < -0.4 is 10.6 Å². The molecule has 1 aromatic heterocycles. The maximum Gasteiger partial charge on any atom is 0.273 e. The zero-order valence-corrected chi connectivity index (χ0v) is 12.7. The van der Waals surface area contributed by atoms with E-state index in [4.69, 9.17) is 4.84 Å². The molecule has 1 saturated heterocycles. The van der Waals surface area contributed by atoms with E-state index in [9.17, 15) is 4.79 Å². The van der Waals surface area contributed by atoms with Gasteiger partial charge in [0.1, 0.15) is 5.71 Å². The number of nitrogens with one attached hydrogen (secondary N) is 2. The number of carbonyl (C=O) groups excluding carboxylic acids is 1. The average molecular weight is 310 g/mol. The van der Waals surface area contributed by atoms with E-state index in [0.29, 0.717) is 17.8 Å². The van der Waals surface area contributed by atoms with Gasteiger partial charge in [0.25, 0.3) is 5.91 Å². The van der Waals surface area contributed by atoms with E-state index >= 15 is 0 Å². The second kappa shape index (κ2) is 5.62. The van der Waals surface area contributed by atoms with Crippen molar-refractivity contribution in [2.24, 2.45) is 5.16 Å². The standard InChI is InChI=1S/C17H18N4O2/c22-16(14-10-17(23-21-14)7-3-8-18-11-17)20-13-6-1-4-12-5-2-9-19-15(12)13/h1-2,4-6,9,18H,3,7-8,10-11H2,(H,20,22). The second-order valence-electron chi connectivity index (χ2n) is 6.10. The first kappa shape index (κ1) is 14.1. The Bertz CT molecular complexity index is 776. The molecule has 1 amide bonds. The number of oxime groups is 1. The molecule has 118 valence electrons. The lowest BCUT2D eigenvalue weighted by Crippen LogP contribution is -2.46. The molecule has 6 heteroatoms. The van der Waals surface area contributed by atoms with E-state index in [-0.39, 0.29) is 11.5 Å². The van der Waals surface area contributed by atoms with Gasteiger partial charge in [-0.15, -0.1) is 0 Å². The third-order valence-electron chi connectivity index (χ3n) is 4.42. The van der Waals surface area contributed by atoms with Gasteiger partial charge in [0.2, 0.25) is 0 Å². The maximum atomic E-state index is 12.5. The summed E-state index contributed by atoms with van der Waals surface area (Å²) in [6, 6.07) is 9.57. The Hall–Kier alpha value is -2.47. The third kappa shape index (κ3) is 2.66. The van der Waals surface area contributed by atoms with Gasteiger partial charge in [-0.05, 0) is 31.5 Å². The van der Waals surface area contributed by atoms with Crippen LogP contribution in [0.25, 0.3) is 10.9 Å². The lowest BCUT2D eigenvalue weighted by Gasteiger charge is -2.30. The van der Waals surface area contributed by atoms with Gasteiger partial charge in [-0.1, -0.05) is 23.4 Å². The van der Waals surface area contributed by atoms with Crippen LogP contribution >= 0.6 is 0 Å². The third-order valence-corrected chi connectivity index (χ3v) is 4.42. The number of aromatic nitrogens is 1. The average Bonchev–Trinajstić information content (AvgIpc) is 2.99. The predicted octanol–water partition coefficient (Wildman–Crippen LogP) is 2.07. The monoisotopic (exact) mass is 310 g/mol. The van der Waals surface area contributed by atoms with Gasteiger partial charge in [0.05, 0.1) is 11.2 Å². The van der Waals surface area contributed by atoms with Crippen LogP contribution in [0.15, 0.2) is 41.7 Å². The topological polar surface area (TPSA) is 75.6 Å². The smallest absolute Gasteiger partial charge is 0.273 e. The SMILES string of the molecule is O=C(Nc1cccc2cccnc12)C1=NOC2(CCCNC2)C1. The van der Waals surface area contributed by atoms with Crippen molar-refractivity contribution in [1.82, 2.24) is 10.3 Å². The van der Waals surface area contributed by atoms with Crippen LogP contribution in [0.1, 0.15) is 19.3 Å². The van der Waals surface area contributed by atoms with Crippen molar-refractivity contribution in [1.29, 1.82) is 0 Å². The van der Waals surface area contributed by atoms with Crippen LogP contribution in [0.4, 0.5) is 5.69 Å². The molecule has 0 bridgehead atoms. The number of amides is 1. The molecule has 1 aromatic carbocycles. The normalized spacial score (nSPS) is 23.6. The first-order valence-electron chi connectivity index (χ1n) is 7.87. The van der Waals surface area contributed by atoms with E-state index in [1.165, 1.54) is 0 Å². The van der Waals surface area contributed by atoms with Gasteiger partial charge in [-0.2, -0.15) is 0 Å². The first-order chi connectivity index (χ1) is 11.3. The molecule has 2 aliphatic rings. The van der Waals surface area contributed by atoms with Crippen LogP contribution in [0.3, 0.4) is 0 Å². The quantitative estimate of drug-likeness (QED) is 0.890. The molecule has 1 unspecified atom stereocenters. The van der Waals surface area contributed by atoms with Gasteiger partial charge >= 0.3 is 0 Å². The number of fused-ring (bicyclic) bond motifs is 1. The number of anilines is 1. The number of piperidine rings is 1. The maximum absolute atomic E-state index is 12.5. The number of pyridine rings is 1. The lowest BCUT2D eigenvalue weighted by atomic mass is 9.89. The zero-order valence-electron chi connectivity index (χ0n) is 12.7. The molecular weight excluding hydrogens is 292 g/mol. The predicted molar refractivity (Wildman–Crippen MR) is 88.3 cm³/mol. The Morgan fingerprint density at radius 1 is 1.30 bits per heavy atom. The molecule has 0 radical (unpaired) electrons. The van der Waals surface area contributed by atoms with Crippen molar-refractivity contribution in [2.75, 3.05) is 18.4 Å². The highest BCUT2D eigenvalue weighted by molar-refractivity contribution is 6.43. The number of benzene rings is 1. The van der Waals surface area contributed by atoms with E-state index in [1.807, 2.05) is 30.3 Å². The van der Waals surface area contributed by atoms with Crippen molar-refractivity contribution in [3.8, 4) is 0 Å². The molecule has 0 saturated carbocycles. The summed E-state index contributed by atoms with van der Waals surface area (Å²) in [6.07, 6.45) is 4.23. The zero-order chi connectivity index (χ0) is 15.7. The molecule has 23 heavy (non-hydrogen) atoms. The number of nitrogens with zero attached hydrogens (tertiary/aromatic N) is 2. The highest BCUT2D eigenvalue weighted by Crippen LogP contribution is 2.31. The molecule has 1 atom stereocenters. The highest BCUT2D eigenvalue weighted by atomic mass is 16.7. The number of carbonyl (C=O) groups is 1. The molecule has 1 fully saturated rings. The van der Waals surface area contributed by atoms with Crippen LogP contribution in [0.5, 0.6) is 0 Å². The Kier molecular flexibility index (Phi) is 3.46. The van der Waals surface area contributed by atoms with Crippen molar-refractivity contribution < 1.29 is 9.63 Å². The molecule has 3 heterocycles. The Labute approximate surface area is 133 Å². The molecule has 0 aliphatic carbocycles. The highest BCUT2D eigenvalue weighted by Gasteiger charge is 2.42. The Balaban J connectivity index is 1.52. The molecule has 2 aromatic rings. The van der Waals surface area contributed by atoms with Crippen LogP contribution in [-0.4, -0.2) is 35.3 Å². The second-order valence-corrected chi connectivity index (χ2v) is 6.10. The number of rotatable bonds is 2. The van der Waals surface area contributed by atoms with Gasteiger partial charge in [0.15, 0.2) is 5.60 Å². The first-order valence-corrected chi connectivity index (χ1v) is 7.87. The fourth-order valence-corrected chi connectivity index (χ4v) is 3.21. The molecule has 1 spiro atoms. The van der Waals surface area contributed by atoms with E-state index in [1.54, 1.807) is 6.20 Å². The number of hydrogen-bond donors (Lipinski definition) is 2. The minimum absolute atomic E-state index is 0.217. The van der Waals surface area contributed by atoms with Crippen molar-refractivity contribution in [3.05, 3.63) is 36.5 Å². The summed E-state index contributed by atoms with van der Waals surface area (Å²) < 4.78 is 0. The van der Waals surface area contributed by atoms with Crippen molar-refractivity contribution in [3.63, 3.8) is 0 Å². The molecule has 2 N–H and O–H groups in total. The van der Waals surface area contributed by atoms with Gasteiger partial charge < -0.3 is 15.5 Å². The Morgan fingerprint density at radius 2 is 2.22 bits per heavy atom. The number of para-hydroxylation sites is 1. The lowest BCUT2D eigenvalue weighted by molar-refractivity contribution is -0.110. The van der Waals surface area contributed by atoms with E-state index in [0.717, 1.165) is 36.8 Å². The largest absolute Gasteiger partial charge is 0.387 e. The number of hydrogen-bond acceptors (Lipinski definition) is 5. The van der Waals surface area contributed by atoms with Crippen LogP contribution in [-0.2, 0) is 9.63 Å². The molecule has 6 nitrogen and oxygen atoms in total. The summed E-state index contributed by atoms with van der Waals surface area (Å²) in [4.78, 5) is 22.5. The summed E-state index contributed by atoms with van der Waals surface area (Å²) in [5.74, 6) is -0.217. The summed E-state index contributed by atoms with van der Waals surface area (Å²) in [5, 5.41) is 11.2. The minimum atomic E-state index is -0.345. The minimum Gasteiger partial charge on any atom is -0.387 e. The van der Waals surface area contributed by atoms with Gasteiger partial charge in [0, 0.05) is 24.5 Å².